The van der Waals surface area contributed by atoms with Crippen molar-refractivity contribution in [2.75, 3.05) is 36.4 Å². The van der Waals surface area contributed by atoms with Gasteiger partial charge in [-0.3, -0.25) is 4.79 Å². The van der Waals surface area contributed by atoms with Gasteiger partial charge in [-0.25, -0.2) is 4.39 Å². The first-order chi connectivity index (χ1) is 13.5. The molecule has 1 fully saturated rings. The van der Waals surface area contributed by atoms with Crippen molar-refractivity contribution in [3.63, 3.8) is 0 Å². The molecule has 0 atom stereocenters. The number of rotatable bonds is 4. The summed E-state index contributed by atoms with van der Waals surface area (Å²) < 4.78 is 13.1. The van der Waals surface area contributed by atoms with Crippen LogP contribution in [0.2, 0.25) is 5.02 Å². The minimum absolute atomic E-state index is 0.0342. The third kappa shape index (κ3) is 4.62. The number of anilines is 2. The Hall–Kier alpha value is -3.04. The summed E-state index contributed by atoms with van der Waals surface area (Å²) in [5.41, 5.74) is 2.61. The number of hydrogen-bond acceptors (Lipinski definition) is 4. The first-order valence-electron chi connectivity index (χ1n) is 8.90. The molecule has 1 amide bonds. The summed E-state index contributed by atoms with van der Waals surface area (Å²) in [6.45, 7) is 4.13. The van der Waals surface area contributed by atoms with Crippen LogP contribution < -0.4 is 10.2 Å². The topological polar surface area (TPSA) is 59.4 Å². The predicted octanol–water partition coefficient (Wildman–Crippen LogP) is 3.96. The lowest BCUT2D eigenvalue weighted by atomic mass is 10.2. The van der Waals surface area contributed by atoms with Crippen LogP contribution in [0.4, 0.5) is 15.8 Å². The van der Waals surface area contributed by atoms with Crippen LogP contribution in [0, 0.1) is 24.1 Å². The van der Waals surface area contributed by atoms with Crippen LogP contribution in [0.3, 0.4) is 0 Å². The number of benzene rings is 2. The summed E-state index contributed by atoms with van der Waals surface area (Å²) in [4.78, 5) is 16.4. The molecule has 1 aliphatic rings. The van der Waals surface area contributed by atoms with Crippen LogP contribution in [0.15, 0.2) is 54.2 Å². The summed E-state index contributed by atoms with van der Waals surface area (Å²) in [6.07, 6.45) is 1.41. The molecule has 0 saturated carbocycles. The second-order valence-electron chi connectivity index (χ2n) is 6.53. The van der Waals surface area contributed by atoms with E-state index in [0.717, 1.165) is 11.3 Å². The minimum atomic E-state index is -0.313. The number of halogens is 2. The van der Waals surface area contributed by atoms with Gasteiger partial charge < -0.3 is 15.1 Å². The third-order valence-electron chi connectivity index (χ3n) is 4.66. The van der Waals surface area contributed by atoms with E-state index >= 15 is 0 Å². The van der Waals surface area contributed by atoms with E-state index in [-0.39, 0.29) is 17.3 Å². The fourth-order valence-electron chi connectivity index (χ4n) is 2.97. The zero-order valence-corrected chi connectivity index (χ0v) is 16.2. The van der Waals surface area contributed by atoms with Gasteiger partial charge in [-0.2, -0.15) is 5.26 Å². The first kappa shape index (κ1) is 19.7. The molecular formula is C21H20ClFN4O. The number of piperazine rings is 1. The van der Waals surface area contributed by atoms with Gasteiger partial charge in [0.1, 0.15) is 17.5 Å². The van der Waals surface area contributed by atoms with Gasteiger partial charge in [0.2, 0.25) is 0 Å². The number of amides is 1. The minimum Gasteiger partial charge on any atom is -0.368 e. The molecule has 5 nitrogen and oxygen atoms in total. The Morgan fingerprint density at radius 2 is 1.86 bits per heavy atom. The van der Waals surface area contributed by atoms with E-state index in [9.17, 15) is 14.4 Å². The molecule has 0 bridgehead atoms. The van der Waals surface area contributed by atoms with Gasteiger partial charge >= 0.3 is 0 Å². The van der Waals surface area contributed by atoms with Crippen molar-refractivity contribution in [2.45, 2.75) is 6.92 Å². The van der Waals surface area contributed by atoms with Crippen molar-refractivity contribution in [2.24, 2.45) is 0 Å². The maximum Gasteiger partial charge on any atom is 0.266 e. The fraction of sp³-hybridized carbons (Fsp3) is 0.238. The summed E-state index contributed by atoms with van der Waals surface area (Å²) in [5, 5.41) is 13.0. The molecule has 2 aromatic carbocycles. The molecule has 3 rings (SSSR count). The Morgan fingerprint density at radius 3 is 2.46 bits per heavy atom. The highest BCUT2D eigenvalue weighted by Crippen LogP contribution is 2.21. The van der Waals surface area contributed by atoms with Crippen LogP contribution in [-0.2, 0) is 4.79 Å². The van der Waals surface area contributed by atoms with E-state index in [1.165, 1.54) is 18.3 Å². The molecule has 0 spiro atoms. The Kier molecular flexibility index (Phi) is 6.17. The van der Waals surface area contributed by atoms with Gasteiger partial charge in [-0.1, -0.05) is 17.7 Å². The molecule has 0 unspecified atom stereocenters. The lowest BCUT2D eigenvalue weighted by Crippen LogP contribution is -2.49. The predicted molar refractivity (Wildman–Crippen MR) is 109 cm³/mol. The Morgan fingerprint density at radius 1 is 1.18 bits per heavy atom. The zero-order valence-electron chi connectivity index (χ0n) is 15.5. The van der Waals surface area contributed by atoms with Gasteiger partial charge in [0.15, 0.2) is 0 Å². The van der Waals surface area contributed by atoms with E-state index in [1.807, 2.05) is 25.1 Å². The van der Waals surface area contributed by atoms with E-state index < -0.39 is 0 Å². The number of nitriles is 1. The number of hydrogen-bond donors (Lipinski definition) is 1. The SMILES string of the molecule is Cc1ccc(N/C=C(/C#N)C(=O)N2CCN(c3ccc(F)cc3)CC2)cc1Cl. The fourth-order valence-corrected chi connectivity index (χ4v) is 3.15. The molecule has 1 N–H and O–H groups in total. The number of nitrogens with one attached hydrogen (secondary N) is 1. The van der Waals surface area contributed by atoms with E-state index in [1.54, 1.807) is 23.1 Å². The number of nitrogens with zero attached hydrogens (tertiary/aromatic N) is 3. The van der Waals surface area contributed by atoms with Crippen molar-refractivity contribution < 1.29 is 9.18 Å². The molecule has 28 heavy (non-hydrogen) atoms. The van der Waals surface area contributed by atoms with Gasteiger partial charge in [0, 0.05) is 48.8 Å². The Labute approximate surface area is 168 Å². The quantitative estimate of drug-likeness (QED) is 0.625. The molecule has 1 saturated heterocycles. The molecule has 144 valence electrons. The number of aryl methyl sites for hydroxylation is 1. The van der Waals surface area contributed by atoms with Crippen LogP contribution in [0.25, 0.3) is 0 Å². The second-order valence-corrected chi connectivity index (χ2v) is 6.94. The highest BCUT2D eigenvalue weighted by molar-refractivity contribution is 6.31. The van der Waals surface area contributed by atoms with Crippen LogP contribution in [0.5, 0.6) is 0 Å². The summed E-state index contributed by atoms with van der Waals surface area (Å²) in [7, 11) is 0. The molecule has 0 radical (unpaired) electrons. The largest absolute Gasteiger partial charge is 0.368 e. The molecular weight excluding hydrogens is 379 g/mol. The lowest BCUT2D eigenvalue weighted by molar-refractivity contribution is -0.127. The van der Waals surface area contributed by atoms with Crippen molar-refractivity contribution in [3.05, 3.63) is 70.6 Å². The highest BCUT2D eigenvalue weighted by Gasteiger charge is 2.23. The zero-order chi connectivity index (χ0) is 20.1. The molecule has 1 heterocycles. The van der Waals surface area contributed by atoms with E-state index in [2.05, 4.69) is 10.2 Å². The summed E-state index contributed by atoms with van der Waals surface area (Å²) in [5.74, 6) is -0.587. The number of carbonyl (C=O) groups excluding carboxylic acids is 1. The van der Waals surface area contributed by atoms with Crippen LogP contribution >= 0.6 is 11.6 Å². The van der Waals surface area contributed by atoms with Crippen molar-refractivity contribution in [3.8, 4) is 6.07 Å². The first-order valence-corrected chi connectivity index (χ1v) is 9.28. The monoisotopic (exact) mass is 398 g/mol. The number of carbonyl (C=O) groups is 1. The van der Waals surface area contributed by atoms with E-state index in [4.69, 9.17) is 11.6 Å². The highest BCUT2D eigenvalue weighted by atomic mass is 35.5. The molecule has 7 heteroatoms. The molecule has 0 aliphatic carbocycles. The van der Waals surface area contributed by atoms with Crippen LogP contribution in [-0.4, -0.2) is 37.0 Å². The molecule has 0 aromatic heterocycles. The average Bonchev–Trinajstić information content (AvgIpc) is 2.71. The summed E-state index contributed by atoms with van der Waals surface area (Å²) in [6, 6.07) is 13.7. The van der Waals surface area contributed by atoms with Crippen LogP contribution in [0.1, 0.15) is 5.56 Å². The van der Waals surface area contributed by atoms with Gasteiger partial charge in [-0.15, -0.1) is 0 Å². The van der Waals surface area contributed by atoms with Gasteiger partial charge in [0.05, 0.1) is 0 Å². The lowest BCUT2D eigenvalue weighted by Gasteiger charge is -2.36. The Balaban J connectivity index is 1.61. The van der Waals surface area contributed by atoms with Gasteiger partial charge in [-0.05, 0) is 48.9 Å². The maximum atomic E-state index is 13.1. The normalized spacial score (nSPS) is 14.6. The van der Waals surface area contributed by atoms with Crippen molar-refractivity contribution in [1.82, 2.24) is 4.90 Å². The summed E-state index contributed by atoms with van der Waals surface area (Å²) >= 11 is 6.09. The third-order valence-corrected chi connectivity index (χ3v) is 5.07. The van der Waals surface area contributed by atoms with E-state index in [0.29, 0.717) is 36.9 Å². The standard InChI is InChI=1S/C21H20ClFN4O/c1-15-2-5-18(12-20(15)22)25-14-16(13-24)21(28)27-10-8-26(9-11-27)19-6-3-17(23)4-7-19/h2-7,12,14,25H,8-11H2,1H3/b16-14-. The van der Waals surface area contributed by atoms with Gasteiger partial charge in [0.25, 0.3) is 5.91 Å². The Bertz CT molecular complexity index is 928. The maximum absolute atomic E-state index is 13.1. The average molecular weight is 399 g/mol. The smallest absolute Gasteiger partial charge is 0.266 e. The van der Waals surface area contributed by atoms with Crippen molar-refractivity contribution >= 4 is 28.9 Å². The van der Waals surface area contributed by atoms with Crippen molar-refractivity contribution in [1.29, 1.82) is 5.26 Å². The second kappa shape index (κ2) is 8.77. The molecule has 2 aromatic rings. The molecule has 1 aliphatic heterocycles.